The van der Waals surface area contributed by atoms with Crippen molar-refractivity contribution in [2.45, 2.75) is 0 Å². The summed E-state index contributed by atoms with van der Waals surface area (Å²) in [7, 11) is 1.24. The first-order chi connectivity index (χ1) is 6.65. The van der Waals surface area contributed by atoms with Crippen LogP contribution in [0.1, 0.15) is 5.56 Å². The minimum Gasteiger partial charge on any atom is -0.466 e. The van der Waals surface area contributed by atoms with E-state index in [1.165, 1.54) is 25.4 Å². The zero-order valence-corrected chi connectivity index (χ0v) is 8.08. The summed E-state index contributed by atoms with van der Waals surface area (Å²) in [6, 6.07) is 1.40. The topological polar surface area (TPSA) is 39.2 Å². The number of rotatable bonds is 2. The number of esters is 1. The molecule has 0 unspecified atom stereocenters. The molecule has 74 valence electrons. The van der Waals surface area contributed by atoms with Crippen molar-refractivity contribution in [3.63, 3.8) is 0 Å². The maximum atomic E-state index is 13.2. The molecule has 0 atom stereocenters. The Morgan fingerprint density at radius 3 is 3.07 bits per heavy atom. The highest BCUT2D eigenvalue weighted by atomic mass is 35.5. The fraction of sp³-hybridized carbons (Fsp3) is 0.111. The summed E-state index contributed by atoms with van der Waals surface area (Å²) in [5.41, 5.74) is 0.190. The molecule has 3 nitrogen and oxygen atoms in total. The Hall–Kier alpha value is -1.42. The van der Waals surface area contributed by atoms with Crippen LogP contribution >= 0.6 is 11.6 Å². The number of nitrogens with zero attached hydrogens (tertiary/aromatic N) is 1. The van der Waals surface area contributed by atoms with Crippen LogP contribution in [0, 0.1) is 5.82 Å². The average molecular weight is 216 g/mol. The molecule has 0 saturated carbocycles. The van der Waals surface area contributed by atoms with Gasteiger partial charge in [-0.15, -0.1) is 0 Å². The van der Waals surface area contributed by atoms with Gasteiger partial charge in [0.1, 0.15) is 0 Å². The fourth-order valence-corrected chi connectivity index (χ4v) is 0.952. The Bertz CT molecular complexity index is 379. The lowest BCUT2D eigenvalue weighted by molar-refractivity contribution is -0.134. The van der Waals surface area contributed by atoms with Gasteiger partial charge < -0.3 is 4.74 Å². The van der Waals surface area contributed by atoms with Crippen molar-refractivity contribution in [3.05, 3.63) is 34.9 Å². The van der Waals surface area contributed by atoms with Crippen LogP contribution in [0.5, 0.6) is 0 Å². The number of aromatic nitrogens is 1. The predicted molar refractivity (Wildman–Crippen MR) is 50.3 cm³/mol. The lowest BCUT2D eigenvalue weighted by atomic mass is 10.2. The van der Waals surface area contributed by atoms with Gasteiger partial charge in [-0.05, 0) is 12.1 Å². The molecule has 14 heavy (non-hydrogen) atoms. The summed E-state index contributed by atoms with van der Waals surface area (Å²) < 4.78 is 17.5. The largest absolute Gasteiger partial charge is 0.466 e. The quantitative estimate of drug-likeness (QED) is 0.431. The molecule has 0 spiro atoms. The average Bonchev–Trinajstić information content (AvgIpc) is 2.20. The number of methoxy groups -OCH3 is 1. The third-order valence-electron chi connectivity index (χ3n) is 1.48. The zero-order valence-electron chi connectivity index (χ0n) is 7.33. The molecule has 0 radical (unpaired) electrons. The van der Waals surface area contributed by atoms with E-state index in [2.05, 4.69) is 9.72 Å². The first kappa shape index (κ1) is 10.7. The van der Waals surface area contributed by atoms with Gasteiger partial charge in [0.15, 0.2) is 11.0 Å². The van der Waals surface area contributed by atoms with Gasteiger partial charge in [0.2, 0.25) is 0 Å². The lowest BCUT2D eigenvalue weighted by Crippen LogP contribution is -1.94. The molecule has 0 fully saturated rings. The Kier molecular flexibility index (Phi) is 3.59. The van der Waals surface area contributed by atoms with Gasteiger partial charge in [-0.3, -0.25) is 0 Å². The highest BCUT2D eigenvalue weighted by Gasteiger charge is 2.04. The van der Waals surface area contributed by atoms with Crippen LogP contribution in [0.4, 0.5) is 4.39 Å². The Labute approximate surface area is 85.2 Å². The molecule has 0 amide bonds. The molecule has 1 rings (SSSR count). The van der Waals surface area contributed by atoms with Gasteiger partial charge in [0.05, 0.1) is 7.11 Å². The van der Waals surface area contributed by atoms with Crippen LogP contribution in [0.3, 0.4) is 0 Å². The van der Waals surface area contributed by atoms with Gasteiger partial charge in [-0.25, -0.2) is 14.2 Å². The lowest BCUT2D eigenvalue weighted by Gasteiger charge is -1.97. The van der Waals surface area contributed by atoms with Crippen LogP contribution in [-0.4, -0.2) is 18.1 Å². The summed E-state index contributed by atoms with van der Waals surface area (Å²) in [6.45, 7) is 0. The first-order valence-corrected chi connectivity index (χ1v) is 4.09. The van der Waals surface area contributed by atoms with Crippen LogP contribution in [0.2, 0.25) is 5.15 Å². The molecular weight excluding hydrogens is 209 g/mol. The molecular formula is C9H7ClFNO2. The second-order valence-electron chi connectivity index (χ2n) is 2.36. The van der Waals surface area contributed by atoms with E-state index < -0.39 is 11.8 Å². The maximum absolute atomic E-state index is 13.2. The molecule has 1 heterocycles. The number of ether oxygens (including phenoxy) is 1. The van der Waals surface area contributed by atoms with Gasteiger partial charge in [-0.1, -0.05) is 11.6 Å². The van der Waals surface area contributed by atoms with Crippen molar-refractivity contribution in [1.29, 1.82) is 0 Å². The third-order valence-corrected chi connectivity index (χ3v) is 1.74. The van der Waals surface area contributed by atoms with E-state index >= 15 is 0 Å². The highest BCUT2D eigenvalue weighted by molar-refractivity contribution is 6.29. The van der Waals surface area contributed by atoms with Crippen LogP contribution < -0.4 is 0 Å². The number of carbonyl (C=O) groups is 1. The molecule has 5 heteroatoms. The maximum Gasteiger partial charge on any atom is 0.330 e. The van der Waals surface area contributed by atoms with E-state index in [4.69, 9.17) is 11.6 Å². The van der Waals surface area contributed by atoms with E-state index in [0.717, 1.165) is 6.08 Å². The normalized spacial score (nSPS) is 10.5. The van der Waals surface area contributed by atoms with Gasteiger partial charge in [0, 0.05) is 17.8 Å². The third kappa shape index (κ3) is 2.53. The Balaban J connectivity index is 2.92. The van der Waals surface area contributed by atoms with Crippen molar-refractivity contribution < 1.29 is 13.9 Å². The van der Waals surface area contributed by atoms with Gasteiger partial charge in [0.25, 0.3) is 0 Å². The minimum atomic E-state index is -0.658. The SMILES string of the molecule is COC(=O)C=Cc1ccnc(Cl)c1F. The van der Waals surface area contributed by atoms with Gasteiger partial charge in [-0.2, -0.15) is 0 Å². The van der Waals surface area contributed by atoms with E-state index in [0.29, 0.717) is 0 Å². The second kappa shape index (κ2) is 4.72. The molecule has 1 aromatic rings. The summed E-state index contributed by atoms with van der Waals surface area (Å²) >= 11 is 5.43. The summed E-state index contributed by atoms with van der Waals surface area (Å²) in [6.07, 6.45) is 3.73. The van der Waals surface area contributed by atoms with E-state index in [1.54, 1.807) is 0 Å². The van der Waals surface area contributed by atoms with Crippen LogP contribution in [0.15, 0.2) is 18.3 Å². The van der Waals surface area contributed by atoms with E-state index in [1.807, 2.05) is 0 Å². The Morgan fingerprint density at radius 2 is 2.43 bits per heavy atom. The summed E-state index contributed by atoms with van der Waals surface area (Å²) in [5, 5.41) is -0.225. The number of hydrogen-bond donors (Lipinski definition) is 0. The minimum absolute atomic E-state index is 0.190. The number of pyridine rings is 1. The number of carbonyl (C=O) groups excluding carboxylic acids is 1. The second-order valence-corrected chi connectivity index (χ2v) is 2.72. The van der Waals surface area contributed by atoms with Crippen molar-refractivity contribution >= 4 is 23.6 Å². The summed E-state index contributed by atoms with van der Waals surface area (Å²) in [4.78, 5) is 14.2. The molecule has 0 aliphatic carbocycles. The van der Waals surface area contributed by atoms with Gasteiger partial charge >= 0.3 is 5.97 Å². The van der Waals surface area contributed by atoms with Crippen molar-refractivity contribution in [3.8, 4) is 0 Å². The van der Waals surface area contributed by atoms with Crippen LogP contribution in [-0.2, 0) is 9.53 Å². The van der Waals surface area contributed by atoms with E-state index in [9.17, 15) is 9.18 Å². The Morgan fingerprint density at radius 1 is 1.71 bits per heavy atom. The fourth-order valence-electron chi connectivity index (χ4n) is 0.787. The molecule has 0 aliphatic rings. The zero-order chi connectivity index (χ0) is 10.6. The highest BCUT2D eigenvalue weighted by Crippen LogP contribution is 2.15. The van der Waals surface area contributed by atoms with Crippen molar-refractivity contribution in [1.82, 2.24) is 4.98 Å². The predicted octanol–water partition coefficient (Wildman–Crippen LogP) is 2.06. The molecule has 0 aliphatic heterocycles. The smallest absolute Gasteiger partial charge is 0.330 e. The molecule has 0 N–H and O–H groups in total. The van der Waals surface area contributed by atoms with Crippen molar-refractivity contribution in [2.24, 2.45) is 0 Å². The van der Waals surface area contributed by atoms with Crippen molar-refractivity contribution in [2.75, 3.05) is 7.11 Å². The number of hydrogen-bond acceptors (Lipinski definition) is 3. The monoisotopic (exact) mass is 215 g/mol. The summed E-state index contributed by atoms with van der Waals surface area (Å²) in [5.74, 6) is -1.22. The standard InChI is InChI=1S/C9H7ClFNO2/c1-14-7(13)3-2-6-4-5-12-9(10)8(6)11/h2-5H,1H3. The molecule has 0 saturated heterocycles. The number of halogens is 2. The molecule has 1 aromatic heterocycles. The van der Waals surface area contributed by atoms with Crippen LogP contribution in [0.25, 0.3) is 6.08 Å². The van der Waals surface area contributed by atoms with E-state index in [-0.39, 0.29) is 10.7 Å². The molecule has 0 aromatic carbocycles. The molecule has 0 bridgehead atoms. The first-order valence-electron chi connectivity index (χ1n) is 3.71.